The Kier molecular flexibility index (Phi) is 4.26. The summed E-state index contributed by atoms with van der Waals surface area (Å²) in [4.78, 5) is 25.8. The molecule has 0 atom stereocenters. The lowest BCUT2D eigenvalue weighted by Crippen LogP contribution is -2.45. The molecule has 0 spiro atoms. The Morgan fingerprint density at radius 3 is 2.82 bits per heavy atom. The van der Waals surface area contributed by atoms with Gasteiger partial charge in [-0.15, -0.1) is 0 Å². The van der Waals surface area contributed by atoms with Crippen LogP contribution < -0.4 is 5.32 Å². The van der Waals surface area contributed by atoms with Gasteiger partial charge in [0.2, 0.25) is 5.91 Å². The molecule has 0 aromatic carbocycles. The van der Waals surface area contributed by atoms with Crippen molar-refractivity contribution in [2.75, 3.05) is 32.8 Å². The number of hydrogen-bond donors (Lipinski definition) is 1. The van der Waals surface area contributed by atoms with E-state index in [0.29, 0.717) is 31.8 Å². The van der Waals surface area contributed by atoms with E-state index in [2.05, 4.69) is 10.4 Å². The molecule has 8 heteroatoms. The maximum Gasteiger partial charge on any atom is 0.273 e. The molecule has 7 nitrogen and oxygen atoms in total. The molecule has 0 unspecified atom stereocenters. The van der Waals surface area contributed by atoms with Gasteiger partial charge in [0.15, 0.2) is 5.69 Å². The maximum atomic E-state index is 12.2. The number of aromatic nitrogens is 2. The lowest BCUT2D eigenvalue weighted by molar-refractivity contribution is -0.134. The number of amides is 2. The normalized spacial score (nSPS) is 15.0. The minimum atomic E-state index is -0.463. The van der Waals surface area contributed by atoms with Gasteiger partial charge in [0, 0.05) is 19.3 Å². The standard InChI is InChI=1S/C14H15ClN4O3/c15-12-10-3-1-2-4-19(10)17-13(12)14(21)16-9-11(20)18-5-7-22-8-6-18/h1-4H,5-9H2,(H,16,21). The number of carbonyl (C=O) groups is 2. The smallest absolute Gasteiger partial charge is 0.273 e. The van der Waals surface area contributed by atoms with E-state index in [0.717, 1.165) is 0 Å². The van der Waals surface area contributed by atoms with Crippen LogP contribution in [0.25, 0.3) is 5.52 Å². The highest BCUT2D eigenvalue weighted by molar-refractivity contribution is 6.36. The summed E-state index contributed by atoms with van der Waals surface area (Å²) in [6, 6.07) is 5.37. The number of pyridine rings is 1. The second-order valence-electron chi connectivity index (χ2n) is 4.87. The molecule has 2 aromatic rings. The van der Waals surface area contributed by atoms with Gasteiger partial charge in [0.25, 0.3) is 5.91 Å². The third-order valence-electron chi connectivity index (χ3n) is 3.46. The average molecular weight is 323 g/mol. The topological polar surface area (TPSA) is 75.9 Å². The van der Waals surface area contributed by atoms with Gasteiger partial charge in [-0.25, -0.2) is 4.52 Å². The largest absolute Gasteiger partial charge is 0.378 e. The summed E-state index contributed by atoms with van der Waals surface area (Å²) in [5.74, 6) is -0.605. The van der Waals surface area contributed by atoms with E-state index in [4.69, 9.17) is 16.3 Å². The second-order valence-corrected chi connectivity index (χ2v) is 5.25. The van der Waals surface area contributed by atoms with Gasteiger partial charge in [-0.1, -0.05) is 17.7 Å². The molecule has 1 aliphatic heterocycles. The van der Waals surface area contributed by atoms with Crippen LogP contribution in [-0.4, -0.2) is 59.2 Å². The number of carbonyl (C=O) groups excluding carboxylic acids is 2. The second kappa shape index (κ2) is 6.33. The average Bonchev–Trinajstić information content (AvgIpc) is 2.90. The Labute approximate surface area is 131 Å². The summed E-state index contributed by atoms with van der Waals surface area (Å²) in [5, 5.41) is 6.97. The molecule has 0 saturated carbocycles. The number of nitrogens with one attached hydrogen (secondary N) is 1. The van der Waals surface area contributed by atoms with E-state index in [1.807, 2.05) is 6.07 Å². The lowest BCUT2D eigenvalue weighted by atomic mass is 10.3. The Morgan fingerprint density at radius 2 is 2.09 bits per heavy atom. The van der Waals surface area contributed by atoms with Gasteiger partial charge in [-0.3, -0.25) is 9.59 Å². The van der Waals surface area contributed by atoms with E-state index >= 15 is 0 Å². The molecule has 3 rings (SSSR count). The highest BCUT2D eigenvalue weighted by Crippen LogP contribution is 2.21. The van der Waals surface area contributed by atoms with Crippen LogP contribution in [0.1, 0.15) is 10.5 Å². The monoisotopic (exact) mass is 322 g/mol. The van der Waals surface area contributed by atoms with Crippen molar-refractivity contribution in [3.63, 3.8) is 0 Å². The number of halogens is 1. The molecule has 0 aliphatic carbocycles. The number of hydrogen-bond acceptors (Lipinski definition) is 4. The minimum absolute atomic E-state index is 0.0803. The summed E-state index contributed by atoms with van der Waals surface area (Å²) >= 11 is 6.16. The molecule has 3 heterocycles. The SMILES string of the molecule is O=C(NCC(=O)N1CCOCC1)c1nn2ccccc2c1Cl. The van der Waals surface area contributed by atoms with Crippen LogP contribution in [0.15, 0.2) is 24.4 Å². The van der Waals surface area contributed by atoms with Gasteiger partial charge in [0.1, 0.15) is 0 Å². The third-order valence-corrected chi connectivity index (χ3v) is 3.83. The summed E-state index contributed by atoms with van der Waals surface area (Å²) in [6.07, 6.45) is 1.71. The Morgan fingerprint density at radius 1 is 1.32 bits per heavy atom. The predicted octanol–water partition coefficient (Wildman–Crippen LogP) is 0.576. The third kappa shape index (κ3) is 2.90. The molecular formula is C14H15ClN4O3. The molecule has 0 bridgehead atoms. The van der Waals surface area contributed by atoms with Crippen LogP contribution in [0.4, 0.5) is 0 Å². The number of fused-ring (bicyclic) bond motifs is 1. The van der Waals surface area contributed by atoms with Crippen molar-refractivity contribution in [2.24, 2.45) is 0 Å². The highest BCUT2D eigenvalue weighted by Gasteiger charge is 2.21. The van der Waals surface area contributed by atoms with Gasteiger partial charge in [-0.05, 0) is 12.1 Å². The van der Waals surface area contributed by atoms with Gasteiger partial charge in [0.05, 0.1) is 30.3 Å². The molecule has 1 N–H and O–H groups in total. The lowest BCUT2D eigenvalue weighted by Gasteiger charge is -2.26. The zero-order valence-electron chi connectivity index (χ0n) is 11.8. The van der Waals surface area contributed by atoms with Crippen molar-refractivity contribution >= 4 is 28.9 Å². The van der Waals surface area contributed by atoms with E-state index in [1.165, 1.54) is 4.52 Å². The van der Waals surface area contributed by atoms with Crippen LogP contribution in [0.2, 0.25) is 5.02 Å². The summed E-state index contributed by atoms with van der Waals surface area (Å²) in [6.45, 7) is 2.06. The van der Waals surface area contributed by atoms with Crippen molar-refractivity contribution < 1.29 is 14.3 Å². The molecule has 2 aromatic heterocycles. The zero-order chi connectivity index (χ0) is 15.5. The van der Waals surface area contributed by atoms with Crippen molar-refractivity contribution in [3.05, 3.63) is 35.1 Å². The minimum Gasteiger partial charge on any atom is -0.378 e. The van der Waals surface area contributed by atoms with Crippen molar-refractivity contribution in [2.45, 2.75) is 0 Å². The van der Waals surface area contributed by atoms with Crippen LogP contribution in [0.3, 0.4) is 0 Å². The molecule has 0 radical (unpaired) electrons. The first-order valence-electron chi connectivity index (χ1n) is 6.93. The molecule has 1 aliphatic rings. The fourth-order valence-corrected chi connectivity index (χ4v) is 2.55. The Balaban J connectivity index is 1.66. The molecule has 1 fully saturated rings. The molecular weight excluding hydrogens is 308 g/mol. The predicted molar refractivity (Wildman–Crippen MR) is 79.9 cm³/mol. The molecule has 1 saturated heterocycles. The highest BCUT2D eigenvalue weighted by atomic mass is 35.5. The maximum absolute atomic E-state index is 12.2. The van der Waals surface area contributed by atoms with E-state index in [-0.39, 0.29) is 23.2 Å². The zero-order valence-corrected chi connectivity index (χ0v) is 12.5. The number of nitrogens with zero attached hydrogens (tertiary/aromatic N) is 3. The number of rotatable bonds is 3. The fourth-order valence-electron chi connectivity index (χ4n) is 2.28. The van der Waals surface area contributed by atoms with E-state index < -0.39 is 5.91 Å². The van der Waals surface area contributed by atoms with Crippen LogP contribution in [0, 0.1) is 0 Å². The molecule has 116 valence electrons. The Hall–Kier alpha value is -2.12. The fraction of sp³-hybridized carbons (Fsp3) is 0.357. The van der Waals surface area contributed by atoms with Crippen molar-refractivity contribution in [3.8, 4) is 0 Å². The van der Waals surface area contributed by atoms with E-state index in [1.54, 1.807) is 23.2 Å². The summed E-state index contributed by atoms with van der Waals surface area (Å²) in [7, 11) is 0. The summed E-state index contributed by atoms with van der Waals surface area (Å²) < 4.78 is 6.71. The molecule has 2 amide bonds. The number of ether oxygens (including phenoxy) is 1. The van der Waals surface area contributed by atoms with Gasteiger partial charge < -0.3 is 15.0 Å². The first kappa shape index (κ1) is 14.8. The van der Waals surface area contributed by atoms with Crippen molar-refractivity contribution in [1.82, 2.24) is 19.8 Å². The Bertz CT molecular complexity index is 709. The van der Waals surface area contributed by atoms with E-state index in [9.17, 15) is 9.59 Å². The quantitative estimate of drug-likeness (QED) is 0.896. The van der Waals surface area contributed by atoms with Crippen LogP contribution >= 0.6 is 11.6 Å². The van der Waals surface area contributed by atoms with Gasteiger partial charge >= 0.3 is 0 Å². The van der Waals surface area contributed by atoms with Crippen molar-refractivity contribution in [1.29, 1.82) is 0 Å². The first-order valence-corrected chi connectivity index (χ1v) is 7.31. The summed E-state index contributed by atoms with van der Waals surface area (Å²) in [5.41, 5.74) is 0.761. The van der Waals surface area contributed by atoms with Crippen LogP contribution in [0.5, 0.6) is 0 Å². The van der Waals surface area contributed by atoms with Crippen LogP contribution in [-0.2, 0) is 9.53 Å². The number of morpholine rings is 1. The van der Waals surface area contributed by atoms with Gasteiger partial charge in [-0.2, -0.15) is 5.10 Å². The molecule has 22 heavy (non-hydrogen) atoms. The first-order chi connectivity index (χ1) is 10.7.